The quantitative estimate of drug-likeness (QED) is 0.626. The van der Waals surface area contributed by atoms with Gasteiger partial charge < -0.3 is 15.4 Å². The third-order valence-electron chi connectivity index (χ3n) is 3.63. The van der Waals surface area contributed by atoms with Crippen LogP contribution in [0.2, 0.25) is 0 Å². The molecule has 2 rings (SSSR count). The number of halogens is 3. The fourth-order valence-electron chi connectivity index (χ4n) is 2.27. The molecule has 144 valence electrons. The summed E-state index contributed by atoms with van der Waals surface area (Å²) in [6.07, 6.45) is 0.732. The van der Waals surface area contributed by atoms with Crippen LogP contribution in [0.1, 0.15) is 22.3 Å². The number of carbonyl (C=O) groups excluding carboxylic acids is 2. The van der Waals surface area contributed by atoms with Crippen LogP contribution in [-0.4, -0.2) is 31.5 Å². The zero-order valence-electron chi connectivity index (χ0n) is 14.4. The van der Waals surface area contributed by atoms with E-state index in [9.17, 15) is 18.4 Å². The van der Waals surface area contributed by atoms with Crippen LogP contribution in [0.5, 0.6) is 5.75 Å². The molecular weight excluding hydrogens is 422 g/mol. The van der Waals surface area contributed by atoms with E-state index in [1.165, 1.54) is 12.1 Å². The molecular formula is C19H19BrF2N2O3. The van der Waals surface area contributed by atoms with Crippen molar-refractivity contribution in [1.82, 2.24) is 10.6 Å². The van der Waals surface area contributed by atoms with Crippen LogP contribution in [0, 0.1) is 0 Å². The molecule has 0 fully saturated rings. The maximum atomic E-state index is 12.1. The van der Waals surface area contributed by atoms with Crippen LogP contribution in [0.4, 0.5) is 8.78 Å². The summed E-state index contributed by atoms with van der Waals surface area (Å²) < 4.78 is 29.3. The van der Waals surface area contributed by atoms with E-state index < -0.39 is 6.61 Å². The molecule has 0 saturated heterocycles. The van der Waals surface area contributed by atoms with Gasteiger partial charge in [-0.3, -0.25) is 9.59 Å². The van der Waals surface area contributed by atoms with Crippen molar-refractivity contribution in [2.24, 2.45) is 0 Å². The summed E-state index contributed by atoms with van der Waals surface area (Å²) in [7, 11) is 0. The maximum Gasteiger partial charge on any atom is 0.387 e. The molecule has 0 atom stereocenters. The Morgan fingerprint density at radius 2 is 1.63 bits per heavy atom. The molecule has 0 spiro atoms. The molecule has 8 heteroatoms. The first-order chi connectivity index (χ1) is 12.9. The van der Waals surface area contributed by atoms with Crippen molar-refractivity contribution in [3.8, 4) is 5.75 Å². The van der Waals surface area contributed by atoms with Gasteiger partial charge in [-0.1, -0.05) is 28.1 Å². The Labute approximate surface area is 164 Å². The van der Waals surface area contributed by atoms with E-state index in [4.69, 9.17) is 0 Å². The molecule has 2 aromatic carbocycles. The van der Waals surface area contributed by atoms with Gasteiger partial charge in [-0.05, 0) is 48.4 Å². The molecule has 27 heavy (non-hydrogen) atoms. The Morgan fingerprint density at radius 3 is 2.26 bits per heavy atom. The number of nitrogens with one attached hydrogen (secondary N) is 2. The molecule has 2 aromatic rings. The molecule has 2 amide bonds. The highest BCUT2D eigenvalue weighted by molar-refractivity contribution is 9.10. The van der Waals surface area contributed by atoms with Crippen molar-refractivity contribution in [2.75, 3.05) is 13.1 Å². The van der Waals surface area contributed by atoms with E-state index >= 15 is 0 Å². The largest absolute Gasteiger partial charge is 0.435 e. The Hall–Kier alpha value is -2.48. The van der Waals surface area contributed by atoms with Crippen molar-refractivity contribution in [3.05, 3.63) is 64.1 Å². The molecule has 0 radical (unpaired) electrons. The van der Waals surface area contributed by atoms with E-state index in [0.717, 1.165) is 10.0 Å². The first-order valence-corrected chi connectivity index (χ1v) is 9.07. The van der Waals surface area contributed by atoms with E-state index in [-0.39, 0.29) is 30.5 Å². The number of rotatable bonds is 9. The van der Waals surface area contributed by atoms with Gasteiger partial charge >= 0.3 is 6.61 Å². The zero-order chi connectivity index (χ0) is 19.6. The monoisotopic (exact) mass is 440 g/mol. The lowest BCUT2D eigenvalue weighted by Crippen LogP contribution is -2.31. The lowest BCUT2D eigenvalue weighted by molar-refractivity contribution is -0.120. The fourth-order valence-corrected chi connectivity index (χ4v) is 2.53. The maximum absolute atomic E-state index is 12.1. The van der Waals surface area contributed by atoms with Gasteiger partial charge in [-0.2, -0.15) is 8.78 Å². The second-order valence-corrected chi connectivity index (χ2v) is 6.55. The predicted octanol–water partition coefficient (Wildman–Crippen LogP) is 3.53. The number of benzene rings is 2. The van der Waals surface area contributed by atoms with Gasteiger partial charge in [0, 0.05) is 29.5 Å². The lowest BCUT2D eigenvalue weighted by Gasteiger charge is -2.08. The summed E-state index contributed by atoms with van der Waals surface area (Å²) in [6, 6.07) is 13.2. The highest BCUT2D eigenvalue weighted by Gasteiger charge is 2.07. The minimum absolute atomic E-state index is 0.0966. The molecule has 5 nitrogen and oxygen atoms in total. The first kappa shape index (κ1) is 20.8. The average molecular weight is 441 g/mol. The van der Waals surface area contributed by atoms with Crippen LogP contribution in [-0.2, 0) is 11.2 Å². The van der Waals surface area contributed by atoms with Gasteiger partial charge in [-0.15, -0.1) is 0 Å². The van der Waals surface area contributed by atoms with Gasteiger partial charge in [0.05, 0.1) is 0 Å². The molecule has 0 unspecified atom stereocenters. The Kier molecular flexibility index (Phi) is 8.19. The van der Waals surface area contributed by atoms with E-state index in [0.29, 0.717) is 18.5 Å². The standard InChI is InChI=1S/C19H19BrF2N2O3/c20-15-5-3-14(4-6-15)18(26)24-12-10-17(25)23-11-9-13-1-7-16(8-2-13)27-19(21)22/h1-8,19H,9-12H2,(H,23,25)(H,24,26). The second-order valence-electron chi connectivity index (χ2n) is 5.64. The fraction of sp³-hybridized carbons (Fsp3) is 0.263. The molecule has 0 aliphatic heterocycles. The third kappa shape index (κ3) is 7.74. The summed E-state index contributed by atoms with van der Waals surface area (Å²) >= 11 is 3.30. The zero-order valence-corrected chi connectivity index (χ0v) is 16.0. The average Bonchev–Trinajstić information content (AvgIpc) is 2.63. The summed E-state index contributed by atoms with van der Waals surface area (Å²) in [4.78, 5) is 23.7. The summed E-state index contributed by atoms with van der Waals surface area (Å²) in [6.45, 7) is -2.20. The predicted molar refractivity (Wildman–Crippen MR) is 101 cm³/mol. The van der Waals surface area contributed by atoms with Crippen molar-refractivity contribution < 1.29 is 23.1 Å². The van der Waals surface area contributed by atoms with Crippen molar-refractivity contribution in [3.63, 3.8) is 0 Å². The van der Waals surface area contributed by atoms with Crippen LogP contribution in [0.3, 0.4) is 0 Å². The minimum Gasteiger partial charge on any atom is -0.435 e. The Balaban J connectivity index is 1.63. The van der Waals surface area contributed by atoms with E-state index in [1.807, 2.05) is 0 Å². The second kappa shape index (κ2) is 10.6. The van der Waals surface area contributed by atoms with Gasteiger partial charge in [0.25, 0.3) is 5.91 Å². The third-order valence-corrected chi connectivity index (χ3v) is 4.16. The van der Waals surface area contributed by atoms with Gasteiger partial charge in [0.2, 0.25) is 5.91 Å². The van der Waals surface area contributed by atoms with E-state index in [1.54, 1.807) is 36.4 Å². The van der Waals surface area contributed by atoms with Crippen molar-refractivity contribution >= 4 is 27.7 Å². The highest BCUT2D eigenvalue weighted by atomic mass is 79.9. The number of carbonyl (C=O) groups is 2. The topological polar surface area (TPSA) is 67.4 Å². The van der Waals surface area contributed by atoms with Crippen LogP contribution in [0.15, 0.2) is 53.0 Å². The van der Waals surface area contributed by atoms with Gasteiger partial charge in [-0.25, -0.2) is 0 Å². The molecule has 0 aliphatic carbocycles. The van der Waals surface area contributed by atoms with Crippen LogP contribution < -0.4 is 15.4 Å². The number of hydrogen-bond acceptors (Lipinski definition) is 3. The number of amides is 2. The summed E-state index contributed by atoms with van der Waals surface area (Å²) in [5, 5.41) is 5.44. The number of ether oxygens (including phenoxy) is 1. The SMILES string of the molecule is O=C(CCNC(=O)c1ccc(Br)cc1)NCCc1ccc(OC(F)F)cc1. The Bertz CT molecular complexity index is 753. The number of hydrogen-bond donors (Lipinski definition) is 2. The molecule has 0 heterocycles. The molecule has 0 saturated carbocycles. The highest BCUT2D eigenvalue weighted by Crippen LogP contribution is 2.15. The van der Waals surface area contributed by atoms with E-state index in [2.05, 4.69) is 31.3 Å². The van der Waals surface area contributed by atoms with Crippen LogP contribution >= 0.6 is 15.9 Å². The van der Waals surface area contributed by atoms with Gasteiger partial charge in [0.15, 0.2) is 0 Å². The summed E-state index contributed by atoms with van der Waals surface area (Å²) in [5.74, 6) is -0.315. The smallest absolute Gasteiger partial charge is 0.387 e. The summed E-state index contributed by atoms with van der Waals surface area (Å²) in [5.41, 5.74) is 1.42. The van der Waals surface area contributed by atoms with Crippen molar-refractivity contribution in [2.45, 2.75) is 19.5 Å². The molecule has 0 bridgehead atoms. The lowest BCUT2D eigenvalue weighted by atomic mass is 10.1. The van der Waals surface area contributed by atoms with Gasteiger partial charge in [0.1, 0.15) is 5.75 Å². The first-order valence-electron chi connectivity index (χ1n) is 8.28. The Morgan fingerprint density at radius 1 is 0.963 bits per heavy atom. The normalized spacial score (nSPS) is 10.5. The van der Waals surface area contributed by atoms with Crippen molar-refractivity contribution in [1.29, 1.82) is 0 Å². The molecule has 0 aromatic heterocycles. The minimum atomic E-state index is -2.85. The molecule has 2 N–H and O–H groups in total. The number of alkyl halides is 2. The molecule has 0 aliphatic rings. The van der Waals surface area contributed by atoms with Crippen LogP contribution in [0.25, 0.3) is 0 Å².